The molecule has 0 spiro atoms. The monoisotopic (exact) mass is 649 g/mol. The van der Waals surface area contributed by atoms with E-state index in [1.165, 1.54) is 18.2 Å². The Kier molecular flexibility index (Phi) is 7.94. The fraction of sp³-hybridized carbons (Fsp3) is 0.345. The molecule has 1 fully saturated rings. The topological polar surface area (TPSA) is 83.9 Å². The minimum Gasteiger partial charge on any atom is -0.489 e. The quantitative estimate of drug-likeness (QED) is 0.274. The number of sulfone groups is 1. The minimum atomic E-state index is -5.30. The number of nitrogens with zero attached hydrogens (tertiary/aromatic N) is 1. The summed E-state index contributed by atoms with van der Waals surface area (Å²) >= 11 is 0. The van der Waals surface area contributed by atoms with Gasteiger partial charge in [0.15, 0.2) is 9.84 Å². The highest BCUT2D eigenvalue weighted by Crippen LogP contribution is 2.53. The van der Waals surface area contributed by atoms with E-state index in [2.05, 4.69) is 0 Å². The Hall–Kier alpha value is -3.72. The van der Waals surface area contributed by atoms with Crippen molar-refractivity contribution in [1.29, 1.82) is 0 Å². The lowest BCUT2D eigenvalue weighted by atomic mass is 9.78. The van der Waals surface area contributed by atoms with Crippen molar-refractivity contribution in [3.05, 3.63) is 94.6 Å². The van der Waals surface area contributed by atoms with Crippen LogP contribution in [0.4, 0.5) is 35.1 Å². The summed E-state index contributed by atoms with van der Waals surface area (Å²) in [7, 11) is -4.55. The van der Waals surface area contributed by atoms with Crippen molar-refractivity contribution in [3.63, 3.8) is 0 Å². The van der Waals surface area contributed by atoms with Gasteiger partial charge in [0.05, 0.1) is 16.5 Å². The largest absolute Gasteiger partial charge is 0.489 e. The van der Waals surface area contributed by atoms with Gasteiger partial charge in [-0.25, -0.2) is 17.2 Å². The van der Waals surface area contributed by atoms with Gasteiger partial charge in [0.2, 0.25) is 6.10 Å². The van der Waals surface area contributed by atoms with Crippen molar-refractivity contribution in [2.45, 2.75) is 60.0 Å². The van der Waals surface area contributed by atoms with Gasteiger partial charge in [0.25, 0.3) is 5.91 Å². The number of carbonyl (C=O) groups excluding carboxylic acids is 1. The van der Waals surface area contributed by atoms with Crippen LogP contribution in [-0.4, -0.2) is 49.2 Å². The minimum absolute atomic E-state index is 0.0112. The zero-order valence-electron chi connectivity index (χ0n) is 22.4. The SMILES string of the molecule is O=C([C@@H](O)C(F)(F)F)N1CC[C@@]2(S(=O)(=O)c3ccc(F)cc3)c3ccc(OCc4c(F)cccc4C(F)(F)F)cc3CC[C@@H]12. The van der Waals surface area contributed by atoms with Crippen molar-refractivity contribution < 1.29 is 58.2 Å². The molecular weight excluding hydrogens is 626 g/mol. The third-order valence-electron chi connectivity index (χ3n) is 8.10. The van der Waals surface area contributed by atoms with E-state index in [1.54, 1.807) is 0 Å². The van der Waals surface area contributed by atoms with Crippen LogP contribution in [0.2, 0.25) is 0 Å². The average Bonchev–Trinajstić information content (AvgIpc) is 3.36. The van der Waals surface area contributed by atoms with E-state index in [0.29, 0.717) is 16.5 Å². The first kappa shape index (κ1) is 31.7. The van der Waals surface area contributed by atoms with Gasteiger partial charge in [-0.15, -0.1) is 0 Å². The Labute approximate surface area is 245 Å². The van der Waals surface area contributed by atoms with Gasteiger partial charge in [-0.1, -0.05) is 12.1 Å². The maximum absolute atomic E-state index is 14.3. The highest BCUT2D eigenvalue weighted by atomic mass is 32.2. The second-order valence-electron chi connectivity index (χ2n) is 10.5. The summed E-state index contributed by atoms with van der Waals surface area (Å²) in [6, 6.07) is 8.71. The molecule has 1 saturated heterocycles. The molecule has 15 heteroatoms. The first-order valence-electron chi connectivity index (χ1n) is 13.1. The van der Waals surface area contributed by atoms with Crippen LogP contribution in [0.1, 0.15) is 35.1 Å². The molecule has 0 bridgehead atoms. The molecule has 0 saturated carbocycles. The summed E-state index contributed by atoms with van der Waals surface area (Å²) in [5.41, 5.74) is -1.57. The van der Waals surface area contributed by atoms with Crippen molar-refractivity contribution in [3.8, 4) is 5.75 Å². The van der Waals surface area contributed by atoms with Gasteiger partial charge in [-0.3, -0.25) is 4.79 Å². The molecule has 1 amide bonds. The van der Waals surface area contributed by atoms with E-state index in [4.69, 9.17) is 4.74 Å². The Morgan fingerprint density at radius 3 is 2.34 bits per heavy atom. The molecule has 3 aromatic rings. The summed E-state index contributed by atoms with van der Waals surface area (Å²) in [5, 5.41) is 9.69. The smallest absolute Gasteiger partial charge is 0.423 e. The van der Waals surface area contributed by atoms with E-state index in [0.717, 1.165) is 36.4 Å². The van der Waals surface area contributed by atoms with Crippen LogP contribution >= 0.6 is 0 Å². The van der Waals surface area contributed by atoms with Crippen LogP contribution in [0.15, 0.2) is 65.6 Å². The number of halogens is 8. The second kappa shape index (κ2) is 11.0. The number of benzene rings is 3. The zero-order chi connectivity index (χ0) is 32.2. The first-order chi connectivity index (χ1) is 20.5. The molecule has 1 heterocycles. The molecule has 236 valence electrons. The lowest BCUT2D eigenvalue weighted by Gasteiger charge is -2.43. The number of aliphatic hydroxyl groups excluding tert-OH is 1. The third kappa shape index (κ3) is 5.29. The fourth-order valence-electron chi connectivity index (χ4n) is 6.11. The van der Waals surface area contributed by atoms with Crippen molar-refractivity contribution in [1.82, 2.24) is 4.90 Å². The standard InChI is InChI=1S/C29H23F8NO5S/c30-17-5-8-19(9-6-17)44(41,42)27-12-13-38(26(40)25(39)29(35,36)37)24(27)11-4-16-14-18(7-10-21(16)27)43-15-20-22(28(32,33)34)2-1-3-23(20)31/h1-3,5-10,14,24-25,39H,4,11-13,15H2/t24-,25-,27-/m1/s1. The summed E-state index contributed by atoms with van der Waals surface area (Å²) in [4.78, 5) is 13.1. The summed E-state index contributed by atoms with van der Waals surface area (Å²) in [5.74, 6) is -3.65. The molecule has 0 unspecified atom stereocenters. The lowest BCUT2D eigenvalue weighted by molar-refractivity contribution is -0.211. The lowest BCUT2D eigenvalue weighted by Crippen LogP contribution is -2.55. The maximum atomic E-state index is 14.3. The van der Waals surface area contributed by atoms with Crippen molar-refractivity contribution in [2.24, 2.45) is 0 Å². The highest BCUT2D eigenvalue weighted by molar-refractivity contribution is 7.92. The number of rotatable bonds is 6. The molecule has 3 atom stereocenters. The molecule has 1 aliphatic heterocycles. The Bertz CT molecular complexity index is 1690. The number of hydrogen-bond donors (Lipinski definition) is 1. The molecule has 2 aliphatic rings. The Balaban J connectivity index is 1.56. The molecule has 0 radical (unpaired) electrons. The van der Waals surface area contributed by atoms with E-state index >= 15 is 0 Å². The van der Waals surface area contributed by atoms with Crippen LogP contribution < -0.4 is 4.74 Å². The van der Waals surface area contributed by atoms with Crippen LogP contribution in [0.5, 0.6) is 5.75 Å². The van der Waals surface area contributed by atoms with Crippen LogP contribution in [0, 0.1) is 11.6 Å². The summed E-state index contributed by atoms with van der Waals surface area (Å²) < 4.78 is 140. The predicted octanol–water partition coefficient (Wildman–Crippen LogP) is 5.70. The summed E-state index contributed by atoms with van der Waals surface area (Å²) in [6.45, 7) is -1.28. The van der Waals surface area contributed by atoms with Gasteiger partial charge in [0.1, 0.15) is 28.7 Å². The molecule has 0 aromatic heterocycles. The zero-order valence-corrected chi connectivity index (χ0v) is 23.2. The molecule has 1 N–H and O–H groups in total. The molecule has 5 rings (SSSR count). The number of likely N-dealkylation sites (tertiary alicyclic amines) is 1. The first-order valence-corrected chi connectivity index (χ1v) is 14.6. The predicted molar refractivity (Wildman–Crippen MR) is 138 cm³/mol. The number of ether oxygens (including phenoxy) is 1. The van der Waals surface area contributed by atoms with Crippen LogP contribution in [-0.2, 0) is 38.6 Å². The number of aryl methyl sites for hydroxylation is 1. The van der Waals surface area contributed by atoms with Crippen LogP contribution in [0.25, 0.3) is 0 Å². The molecule has 44 heavy (non-hydrogen) atoms. The van der Waals surface area contributed by atoms with E-state index in [-0.39, 0.29) is 35.5 Å². The molecule has 3 aromatic carbocycles. The van der Waals surface area contributed by atoms with Crippen LogP contribution in [0.3, 0.4) is 0 Å². The van der Waals surface area contributed by atoms with Gasteiger partial charge < -0.3 is 14.7 Å². The van der Waals surface area contributed by atoms with E-state index < -0.39 is 80.9 Å². The molecular formula is C29H23F8NO5S. The number of fused-ring (bicyclic) bond motifs is 3. The van der Waals surface area contributed by atoms with E-state index in [9.17, 15) is 53.4 Å². The number of carbonyl (C=O) groups is 1. The Morgan fingerprint density at radius 1 is 1.02 bits per heavy atom. The van der Waals surface area contributed by atoms with E-state index in [1.807, 2.05) is 0 Å². The third-order valence-corrected chi connectivity index (χ3v) is 10.6. The summed E-state index contributed by atoms with van der Waals surface area (Å²) in [6.07, 6.45) is -14.1. The van der Waals surface area contributed by atoms with Gasteiger partial charge in [-0.05, 0) is 78.9 Å². The molecule has 6 nitrogen and oxygen atoms in total. The highest BCUT2D eigenvalue weighted by Gasteiger charge is 2.62. The Morgan fingerprint density at radius 2 is 1.70 bits per heavy atom. The molecule has 1 aliphatic carbocycles. The number of hydrogen-bond acceptors (Lipinski definition) is 5. The average molecular weight is 650 g/mol. The maximum Gasteiger partial charge on any atom is 0.423 e. The van der Waals surface area contributed by atoms with Gasteiger partial charge >= 0.3 is 12.4 Å². The van der Waals surface area contributed by atoms with Gasteiger partial charge in [-0.2, -0.15) is 26.3 Å². The van der Waals surface area contributed by atoms with Gasteiger partial charge in [0, 0.05) is 12.1 Å². The number of amides is 1. The van der Waals surface area contributed by atoms with Crippen molar-refractivity contribution in [2.75, 3.05) is 6.54 Å². The normalized spacial score (nSPS) is 21.0. The van der Waals surface area contributed by atoms with Crippen molar-refractivity contribution >= 4 is 15.7 Å². The number of alkyl halides is 6. The fourth-order valence-corrected chi connectivity index (χ4v) is 8.47. The second-order valence-corrected chi connectivity index (χ2v) is 12.7. The number of aliphatic hydroxyl groups is 1.